The summed E-state index contributed by atoms with van der Waals surface area (Å²) in [5.41, 5.74) is 1.15. The van der Waals surface area contributed by atoms with Crippen LogP contribution < -0.4 is 10.1 Å². The second kappa shape index (κ2) is 11.7. The third-order valence-electron chi connectivity index (χ3n) is 5.41. The van der Waals surface area contributed by atoms with Crippen LogP contribution in [-0.4, -0.2) is 66.1 Å². The van der Waals surface area contributed by atoms with Crippen molar-refractivity contribution < 1.29 is 4.74 Å². The van der Waals surface area contributed by atoms with Gasteiger partial charge in [0.05, 0.1) is 6.10 Å². The number of guanidine groups is 1. The number of rotatable bonds is 7. The Balaban J connectivity index is 0.00000300. The lowest BCUT2D eigenvalue weighted by Crippen LogP contribution is -2.42. The highest BCUT2D eigenvalue weighted by molar-refractivity contribution is 14.0. The minimum Gasteiger partial charge on any atom is -0.475 e. The summed E-state index contributed by atoms with van der Waals surface area (Å²) in [5.74, 6) is 2.29. The van der Waals surface area contributed by atoms with Gasteiger partial charge in [-0.15, -0.1) is 24.0 Å². The number of likely N-dealkylation sites (tertiary alicyclic amines) is 1. The quantitative estimate of drug-likeness (QED) is 0.262. The van der Waals surface area contributed by atoms with Gasteiger partial charge in [0.2, 0.25) is 5.88 Å². The first-order chi connectivity index (χ1) is 13.5. The molecule has 0 aromatic carbocycles. The lowest BCUT2D eigenvalue weighted by atomic mass is 10.1. The molecule has 7 heteroatoms. The molecule has 1 aromatic heterocycles. The van der Waals surface area contributed by atoms with Gasteiger partial charge in [-0.3, -0.25) is 9.89 Å². The molecule has 0 radical (unpaired) electrons. The highest BCUT2D eigenvalue weighted by atomic mass is 127. The molecular weight excluding hydrogens is 477 g/mol. The molecule has 162 valence electrons. The number of nitrogens with one attached hydrogen (secondary N) is 1. The van der Waals surface area contributed by atoms with Gasteiger partial charge in [0.15, 0.2) is 5.96 Å². The van der Waals surface area contributed by atoms with Crippen LogP contribution in [0.5, 0.6) is 5.88 Å². The third kappa shape index (κ3) is 7.13. The number of hydrogen-bond donors (Lipinski definition) is 1. The zero-order valence-corrected chi connectivity index (χ0v) is 20.5. The summed E-state index contributed by atoms with van der Waals surface area (Å²) < 4.78 is 5.98. The number of pyridine rings is 1. The van der Waals surface area contributed by atoms with Gasteiger partial charge < -0.3 is 15.0 Å². The van der Waals surface area contributed by atoms with Crippen molar-refractivity contribution in [3.63, 3.8) is 0 Å². The number of halogens is 1. The number of hydrogen-bond acceptors (Lipinski definition) is 4. The van der Waals surface area contributed by atoms with Crippen LogP contribution in [0.4, 0.5) is 0 Å². The number of aliphatic imine (C=N–C) groups is 1. The molecule has 0 amide bonds. The summed E-state index contributed by atoms with van der Waals surface area (Å²) in [5, 5.41) is 3.51. The molecule has 0 saturated carbocycles. The van der Waals surface area contributed by atoms with E-state index in [4.69, 9.17) is 4.74 Å². The molecule has 1 fully saturated rings. The Morgan fingerprint density at radius 3 is 2.76 bits per heavy atom. The van der Waals surface area contributed by atoms with Crippen molar-refractivity contribution in [2.75, 3.05) is 33.2 Å². The molecule has 2 aliphatic heterocycles. The van der Waals surface area contributed by atoms with E-state index < -0.39 is 0 Å². The Bertz CT molecular complexity index is 686. The minimum atomic E-state index is 0. The minimum absolute atomic E-state index is 0. The standard InChI is InChI=1S/C22H35N5O.HI/c1-17(2)13-18(3)28-21-14-19(7-9-24-21)15-25-22(23-4)27-12-8-20(16-27)26-10-5-6-11-26;/h5-7,9,14,17-18,20H,8,10-13,15-16H2,1-4H3,(H,23,25);1H. The van der Waals surface area contributed by atoms with E-state index >= 15 is 0 Å². The van der Waals surface area contributed by atoms with Crippen LogP contribution in [0.25, 0.3) is 0 Å². The number of ether oxygens (including phenoxy) is 1. The van der Waals surface area contributed by atoms with Crippen molar-refractivity contribution >= 4 is 29.9 Å². The van der Waals surface area contributed by atoms with Gasteiger partial charge in [0.1, 0.15) is 0 Å². The lowest BCUT2D eigenvalue weighted by molar-refractivity contribution is 0.185. The molecule has 2 unspecified atom stereocenters. The van der Waals surface area contributed by atoms with Crippen LogP contribution >= 0.6 is 24.0 Å². The van der Waals surface area contributed by atoms with E-state index in [1.54, 1.807) is 0 Å². The first-order valence-electron chi connectivity index (χ1n) is 10.5. The van der Waals surface area contributed by atoms with Gasteiger partial charge in [-0.2, -0.15) is 0 Å². The molecule has 2 atom stereocenters. The highest BCUT2D eigenvalue weighted by Crippen LogP contribution is 2.18. The maximum atomic E-state index is 5.98. The van der Waals surface area contributed by atoms with E-state index in [-0.39, 0.29) is 30.1 Å². The second-order valence-corrected chi connectivity index (χ2v) is 8.27. The van der Waals surface area contributed by atoms with Crippen molar-refractivity contribution in [3.05, 3.63) is 36.0 Å². The van der Waals surface area contributed by atoms with Crippen LogP contribution in [0.1, 0.15) is 39.2 Å². The van der Waals surface area contributed by atoms with Crippen LogP contribution in [0.3, 0.4) is 0 Å². The predicted octanol–water partition coefficient (Wildman–Crippen LogP) is 3.53. The van der Waals surface area contributed by atoms with Gasteiger partial charge in [-0.1, -0.05) is 26.0 Å². The first kappa shape index (κ1) is 23.9. The van der Waals surface area contributed by atoms with E-state index in [0.29, 0.717) is 17.8 Å². The molecule has 1 N–H and O–H groups in total. The summed E-state index contributed by atoms with van der Waals surface area (Å²) in [6.07, 6.45) is 8.75. The Labute approximate surface area is 192 Å². The predicted molar refractivity (Wildman–Crippen MR) is 130 cm³/mol. The average molecular weight is 513 g/mol. The molecule has 1 aromatic rings. The summed E-state index contributed by atoms with van der Waals surface area (Å²) in [6, 6.07) is 4.68. The van der Waals surface area contributed by atoms with Crippen molar-refractivity contribution in [1.82, 2.24) is 20.1 Å². The Morgan fingerprint density at radius 1 is 1.31 bits per heavy atom. The van der Waals surface area contributed by atoms with E-state index in [0.717, 1.165) is 50.7 Å². The molecule has 2 aliphatic rings. The largest absolute Gasteiger partial charge is 0.475 e. The first-order valence-corrected chi connectivity index (χ1v) is 10.5. The van der Waals surface area contributed by atoms with Crippen molar-refractivity contribution in [2.24, 2.45) is 10.9 Å². The Morgan fingerprint density at radius 2 is 2.07 bits per heavy atom. The van der Waals surface area contributed by atoms with E-state index in [9.17, 15) is 0 Å². The summed E-state index contributed by atoms with van der Waals surface area (Å²) in [6.45, 7) is 11.5. The molecule has 29 heavy (non-hydrogen) atoms. The van der Waals surface area contributed by atoms with Gasteiger partial charge in [-0.25, -0.2) is 4.98 Å². The highest BCUT2D eigenvalue weighted by Gasteiger charge is 2.29. The number of nitrogens with zero attached hydrogens (tertiary/aromatic N) is 4. The zero-order chi connectivity index (χ0) is 19.9. The molecule has 0 spiro atoms. The van der Waals surface area contributed by atoms with E-state index in [1.807, 2.05) is 25.4 Å². The Hall–Kier alpha value is -1.35. The fourth-order valence-electron chi connectivity index (χ4n) is 4.08. The van der Waals surface area contributed by atoms with Crippen LogP contribution in [0, 0.1) is 5.92 Å². The fourth-order valence-corrected chi connectivity index (χ4v) is 4.08. The lowest BCUT2D eigenvalue weighted by Gasteiger charge is -2.25. The van der Waals surface area contributed by atoms with Crippen molar-refractivity contribution in [3.8, 4) is 5.88 Å². The van der Waals surface area contributed by atoms with Crippen molar-refractivity contribution in [1.29, 1.82) is 0 Å². The normalized spacial score (nSPS) is 20.8. The van der Waals surface area contributed by atoms with Crippen LogP contribution in [0.15, 0.2) is 35.5 Å². The van der Waals surface area contributed by atoms with E-state index in [2.05, 4.69) is 58.0 Å². The number of aromatic nitrogens is 1. The zero-order valence-electron chi connectivity index (χ0n) is 18.2. The maximum Gasteiger partial charge on any atom is 0.213 e. The van der Waals surface area contributed by atoms with Gasteiger partial charge in [0, 0.05) is 58.1 Å². The monoisotopic (exact) mass is 513 g/mol. The average Bonchev–Trinajstić information content (AvgIpc) is 3.33. The van der Waals surface area contributed by atoms with Gasteiger partial charge >= 0.3 is 0 Å². The molecule has 3 heterocycles. The van der Waals surface area contributed by atoms with Gasteiger partial charge in [-0.05, 0) is 37.3 Å². The molecule has 1 saturated heterocycles. The van der Waals surface area contributed by atoms with Crippen LogP contribution in [-0.2, 0) is 6.54 Å². The SMILES string of the molecule is CN=C(NCc1ccnc(OC(C)CC(C)C)c1)N1CCC(N2CC=CC2)C1.I. The van der Waals surface area contributed by atoms with Gasteiger partial charge in [0.25, 0.3) is 0 Å². The smallest absolute Gasteiger partial charge is 0.213 e. The molecule has 0 bridgehead atoms. The maximum absolute atomic E-state index is 5.98. The summed E-state index contributed by atoms with van der Waals surface area (Å²) >= 11 is 0. The molecule has 6 nitrogen and oxygen atoms in total. The van der Waals surface area contributed by atoms with E-state index in [1.165, 1.54) is 6.42 Å². The third-order valence-corrected chi connectivity index (χ3v) is 5.41. The molecule has 3 rings (SSSR count). The second-order valence-electron chi connectivity index (χ2n) is 8.27. The summed E-state index contributed by atoms with van der Waals surface area (Å²) in [7, 11) is 1.86. The summed E-state index contributed by atoms with van der Waals surface area (Å²) in [4.78, 5) is 13.8. The molecule has 0 aliphatic carbocycles. The fraction of sp³-hybridized carbons (Fsp3) is 0.636. The molecular formula is C22H36IN5O. The topological polar surface area (TPSA) is 53.0 Å². The van der Waals surface area contributed by atoms with Crippen molar-refractivity contribution in [2.45, 2.75) is 52.3 Å². The van der Waals surface area contributed by atoms with Crippen LogP contribution in [0.2, 0.25) is 0 Å². The Kier molecular flexibility index (Phi) is 9.68.